The number of pyridine rings is 1. The summed E-state index contributed by atoms with van der Waals surface area (Å²) in [4.78, 5) is 17.7. The fraction of sp³-hybridized carbons (Fsp3) is 0.172. The first-order valence-electron chi connectivity index (χ1n) is 11.1. The van der Waals surface area contributed by atoms with Crippen LogP contribution >= 0.6 is 0 Å². The Hall–Kier alpha value is -4.12. The zero-order valence-corrected chi connectivity index (χ0v) is 19.9. The van der Waals surface area contributed by atoms with Crippen molar-refractivity contribution < 1.29 is 14.3 Å². The first kappa shape index (κ1) is 23.1. The van der Waals surface area contributed by atoms with Gasteiger partial charge in [0.2, 0.25) is 0 Å². The van der Waals surface area contributed by atoms with Gasteiger partial charge in [-0.1, -0.05) is 53.6 Å². The summed E-state index contributed by atoms with van der Waals surface area (Å²) in [5.41, 5.74) is 7.71. The van der Waals surface area contributed by atoms with Crippen LogP contribution in [0.2, 0.25) is 0 Å². The number of hydrogen-bond donors (Lipinski definition) is 1. The van der Waals surface area contributed by atoms with Crippen LogP contribution in [-0.2, 0) is 6.54 Å². The lowest BCUT2D eigenvalue weighted by atomic mass is 9.94. The number of rotatable bonds is 7. The van der Waals surface area contributed by atoms with Gasteiger partial charge in [-0.3, -0.25) is 9.78 Å². The van der Waals surface area contributed by atoms with E-state index in [1.807, 2.05) is 42.5 Å². The van der Waals surface area contributed by atoms with E-state index in [9.17, 15) is 4.79 Å². The monoisotopic (exact) mass is 452 g/mol. The third-order valence-electron chi connectivity index (χ3n) is 5.69. The standard InChI is InChI=1S/C29H28N2O3/c1-19-12-20(2)14-24(13-19)22-8-9-25(23-6-5-11-30-18-23)26(16-22)29(32)31-17-21-7-10-27(33-3)28(15-21)34-4/h5-16,18H,17H2,1-4H3,(H,31,32). The molecule has 0 aliphatic heterocycles. The van der Waals surface area contributed by atoms with Crippen molar-refractivity contribution in [1.82, 2.24) is 10.3 Å². The molecule has 5 nitrogen and oxygen atoms in total. The van der Waals surface area contributed by atoms with Crippen molar-refractivity contribution in [2.45, 2.75) is 20.4 Å². The third kappa shape index (κ3) is 5.09. The molecule has 34 heavy (non-hydrogen) atoms. The second-order valence-corrected chi connectivity index (χ2v) is 8.25. The number of benzene rings is 3. The van der Waals surface area contributed by atoms with Gasteiger partial charge in [-0.05, 0) is 60.4 Å². The molecule has 4 rings (SSSR count). The van der Waals surface area contributed by atoms with Gasteiger partial charge in [0.05, 0.1) is 14.2 Å². The molecule has 0 atom stereocenters. The van der Waals surface area contributed by atoms with E-state index in [0.717, 1.165) is 27.8 Å². The number of ether oxygens (including phenoxy) is 2. The predicted molar refractivity (Wildman–Crippen MR) is 135 cm³/mol. The quantitative estimate of drug-likeness (QED) is 0.375. The van der Waals surface area contributed by atoms with Crippen LogP contribution in [-0.4, -0.2) is 25.1 Å². The van der Waals surface area contributed by atoms with Gasteiger partial charge in [0.1, 0.15) is 0 Å². The largest absolute Gasteiger partial charge is 0.493 e. The topological polar surface area (TPSA) is 60.5 Å². The number of carbonyl (C=O) groups is 1. The molecule has 1 heterocycles. The van der Waals surface area contributed by atoms with Crippen molar-refractivity contribution in [2.75, 3.05) is 14.2 Å². The molecule has 0 saturated carbocycles. The van der Waals surface area contributed by atoms with Crippen LogP contribution in [0.25, 0.3) is 22.3 Å². The maximum atomic E-state index is 13.4. The fourth-order valence-electron chi connectivity index (χ4n) is 4.09. The summed E-state index contributed by atoms with van der Waals surface area (Å²) in [5, 5.41) is 3.06. The first-order chi connectivity index (χ1) is 16.5. The molecule has 0 radical (unpaired) electrons. The average molecular weight is 453 g/mol. The molecular formula is C29H28N2O3. The molecule has 0 aliphatic rings. The fourth-order valence-corrected chi connectivity index (χ4v) is 4.09. The molecule has 0 bridgehead atoms. The van der Waals surface area contributed by atoms with Crippen LogP contribution in [0.4, 0.5) is 0 Å². The Morgan fingerprint density at radius 1 is 0.824 bits per heavy atom. The lowest BCUT2D eigenvalue weighted by Gasteiger charge is -2.14. The van der Waals surface area contributed by atoms with Gasteiger partial charge in [0.15, 0.2) is 11.5 Å². The number of hydrogen-bond acceptors (Lipinski definition) is 4. The van der Waals surface area contributed by atoms with E-state index in [2.05, 4.69) is 48.4 Å². The molecule has 172 valence electrons. The van der Waals surface area contributed by atoms with E-state index < -0.39 is 0 Å². The van der Waals surface area contributed by atoms with Crippen LogP contribution < -0.4 is 14.8 Å². The van der Waals surface area contributed by atoms with Crippen LogP contribution in [0, 0.1) is 13.8 Å². The van der Waals surface area contributed by atoms with E-state index in [1.165, 1.54) is 11.1 Å². The molecular weight excluding hydrogens is 424 g/mol. The van der Waals surface area contributed by atoms with E-state index in [1.54, 1.807) is 26.6 Å². The number of methoxy groups -OCH3 is 2. The van der Waals surface area contributed by atoms with E-state index in [-0.39, 0.29) is 5.91 Å². The summed E-state index contributed by atoms with van der Waals surface area (Å²) >= 11 is 0. The number of amides is 1. The number of nitrogens with one attached hydrogen (secondary N) is 1. The molecule has 1 N–H and O–H groups in total. The highest BCUT2D eigenvalue weighted by Gasteiger charge is 2.15. The molecule has 1 amide bonds. The van der Waals surface area contributed by atoms with Crippen molar-refractivity contribution in [1.29, 1.82) is 0 Å². The summed E-state index contributed by atoms with van der Waals surface area (Å²) in [5.74, 6) is 1.12. The maximum Gasteiger partial charge on any atom is 0.252 e. The summed E-state index contributed by atoms with van der Waals surface area (Å²) in [6.07, 6.45) is 3.50. The molecule has 0 fully saturated rings. The highest BCUT2D eigenvalue weighted by atomic mass is 16.5. The first-order valence-corrected chi connectivity index (χ1v) is 11.1. The smallest absolute Gasteiger partial charge is 0.252 e. The lowest BCUT2D eigenvalue weighted by Crippen LogP contribution is -2.23. The highest BCUT2D eigenvalue weighted by Crippen LogP contribution is 2.30. The van der Waals surface area contributed by atoms with Crippen molar-refractivity contribution in [2.24, 2.45) is 0 Å². The molecule has 0 spiro atoms. The maximum absolute atomic E-state index is 13.4. The van der Waals surface area contributed by atoms with Crippen LogP contribution in [0.1, 0.15) is 27.0 Å². The number of aromatic nitrogens is 1. The lowest BCUT2D eigenvalue weighted by molar-refractivity contribution is 0.0951. The second-order valence-electron chi connectivity index (χ2n) is 8.25. The number of carbonyl (C=O) groups excluding carboxylic acids is 1. The van der Waals surface area contributed by atoms with Gasteiger partial charge in [-0.25, -0.2) is 0 Å². The normalized spacial score (nSPS) is 10.6. The van der Waals surface area contributed by atoms with Crippen molar-refractivity contribution >= 4 is 5.91 Å². The Labute approximate surface area is 200 Å². The zero-order chi connectivity index (χ0) is 24.1. The summed E-state index contributed by atoms with van der Waals surface area (Å²) in [6.45, 7) is 4.52. The zero-order valence-electron chi connectivity index (χ0n) is 19.9. The Balaban J connectivity index is 1.68. The van der Waals surface area contributed by atoms with Gasteiger partial charge in [0.25, 0.3) is 5.91 Å². The minimum atomic E-state index is -0.153. The molecule has 3 aromatic carbocycles. The molecule has 0 unspecified atom stereocenters. The molecule has 4 aromatic rings. The van der Waals surface area contributed by atoms with Crippen LogP contribution in [0.15, 0.2) is 79.1 Å². The van der Waals surface area contributed by atoms with Gasteiger partial charge in [-0.2, -0.15) is 0 Å². The highest BCUT2D eigenvalue weighted by molar-refractivity contribution is 6.02. The predicted octanol–water partition coefficient (Wildman–Crippen LogP) is 5.98. The van der Waals surface area contributed by atoms with Gasteiger partial charge in [-0.15, -0.1) is 0 Å². The van der Waals surface area contributed by atoms with E-state index in [0.29, 0.717) is 23.6 Å². The second kappa shape index (κ2) is 10.2. The molecule has 5 heteroatoms. The van der Waals surface area contributed by atoms with Crippen molar-refractivity contribution in [3.05, 3.63) is 101 Å². The van der Waals surface area contributed by atoms with Gasteiger partial charge >= 0.3 is 0 Å². The summed E-state index contributed by atoms with van der Waals surface area (Å²) in [6, 6.07) is 21.9. The van der Waals surface area contributed by atoms with Crippen LogP contribution in [0.3, 0.4) is 0 Å². The Morgan fingerprint density at radius 2 is 1.59 bits per heavy atom. The Morgan fingerprint density at radius 3 is 2.26 bits per heavy atom. The van der Waals surface area contributed by atoms with Gasteiger partial charge in [0, 0.05) is 30.1 Å². The Kier molecular flexibility index (Phi) is 6.93. The third-order valence-corrected chi connectivity index (χ3v) is 5.69. The molecule has 0 saturated heterocycles. The van der Waals surface area contributed by atoms with E-state index in [4.69, 9.17) is 9.47 Å². The molecule has 0 aliphatic carbocycles. The average Bonchev–Trinajstić information content (AvgIpc) is 2.86. The van der Waals surface area contributed by atoms with Crippen molar-refractivity contribution in [3.8, 4) is 33.8 Å². The number of nitrogens with zero attached hydrogens (tertiary/aromatic N) is 1. The minimum absolute atomic E-state index is 0.153. The summed E-state index contributed by atoms with van der Waals surface area (Å²) < 4.78 is 10.7. The SMILES string of the molecule is COc1ccc(CNC(=O)c2cc(-c3cc(C)cc(C)c3)ccc2-c2cccnc2)cc1OC. The van der Waals surface area contributed by atoms with Crippen molar-refractivity contribution in [3.63, 3.8) is 0 Å². The minimum Gasteiger partial charge on any atom is -0.493 e. The number of aryl methyl sites for hydroxylation is 2. The van der Waals surface area contributed by atoms with Gasteiger partial charge < -0.3 is 14.8 Å². The molecule has 1 aromatic heterocycles. The summed E-state index contributed by atoms with van der Waals surface area (Å²) in [7, 11) is 3.20. The van der Waals surface area contributed by atoms with E-state index >= 15 is 0 Å². The van der Waals surface area contributed by atoms with Crippen LogP contribution in [0.5, 0.6) is 11.5 Å². The Bertz CT molecular complexity index is 1300.